The van der Waals surface area contributed by atoms with Gasteiger partial charge in [0.25, 0.3) is 6.33 Å². The Morgan fingerprint density at radius 2 is 1.24 bits per heavy atom. The number of para-hydroxylation sites is 3. The summed E-state index contributed by atoms with van der Waals surface area (Å²) in [5.41, 5.74) is 9.26. The van der Waals surface area contributed by atoms with Gasteiger partial charge in [-0.15, -0.1) is 29.7 Å². The van der Waals surface area contributed by atoms with Gasteiger partial charge in [0.15, 0.2) is 0 Å². The van der Waals surface area contributed by atoms with Crippen LogP contribution in [0.3, 0.4) is 0 Å². The molecule has 0 N–H and O–H groups in total. The average Bonchev–Trinajstić information content (AvgIpc) is 1.48. The third-order valence-electron chi connectivity index (χ3n) is 13.8. The van der Waals surface area contributed by atoms with E-state index in [1.54, 1.807) is 39.5 Å². The molecule has 12 rings (SSSR count). The quantitative estimate of drug-likeness (QED) is 0.0956. The van der Waals surface area contributed by atoms with Gasteiger partial charge in [0.05, 0.1) is 30.4 Å². The fourth-order valence-corrected chi connectivity index (χ4v) is 9.72. The Hall–Kier alpha value is -8.11. The minimum Gasteiger partial charge on any atom is -0.510 e. The molecule has 0 aliphatic carbocycles. The fraction of sp³-hybridized carbons (Fsp3) is 0.130. The van der Waals surface area contributed by atoms with Gasteiger partial charge in [0.2, 0.25) is 0 Å². The minimum atomic E-state index is -1.00. The van der Waals surface area contributed by atoms with Gasteiger partial charge in [-0.05, 0) is 90.5 Å². The van der Waals surface area contributed by atoms with E-state index in [0.717, 1.165) is 44.1 Å². The Kier molecular flexibility index (Phi) is 10.2. The topological polar surface area (TPSA) is 35.9 Å². The van der Waals surface area contributed by atoms with Crippen molar-refractivity contribution < 1.29 is 45.4 Å². The molecule has 0 aliphatic heterocycles. The van der Waals surface area contributed by atoms with Gasteiger partial charge in [-0.1, -0.05) is 217 Å². The van der Waals surface area contributed by atoms with Crippen molar-refractivity contribution >= 4 is 32.8 Å². The van der Waals surface area contributed by atoms with Crippen LogP contribution in [0.2, 0.25) is 0 Å². The zero-order chi connectivity index (χ0) is 60.1. The monoisotopic (exact) mass is 1160 g/mol. The molecule has 1 atom stereocenters. The summed E-state index contributed by atoms with van der Waals surface area (Å²) in [7, 11) is 0. The molecule has 0 amide bonds. The van der Waals surface area contributed by atoms with Crippen LogP contribution in [0.5, 0.6) is 11.5 Å². The standard InChI is InChI=1S/C69H56N4O.Pt/c1-46(2)47(3)60-43-67(70-44-62(60)51-32-35-53(36-33-51)69(4,5)6)73-63-39-34-52(48-20-10-7-11-21-48)40-61(63)59-38-37-56(42-66(59)73)74-55-27-18-26-54(41-55)71-45-72(65-31-17-16-30-64(65)71)68-57(49-22-12-8-13-23-49)28-19-29-58(68)50-24-14-9-15-25-50;/h7-40,43-44,46-47H,1-6H3;/q-2;/i8D,9D,12D,13D,14D,15D,22D,23D,24D,25D,47D;. The van der Waals surface area contributed by atoms with Gasteiger partial charge >= 0.3 is 0 Å². The second kappa shape index (κ2) is 20.3. The molecule has 75 heavy (non-hydrogen) atoms. The first-order valence-corrected chi connectivity index (χ1v) is 24.7. The van der Waals surface area contributed by atoms with Crippen LogP contribution in [-0.2, 0) is 26.5 Å². The number of rotatable bonds is 11. The molecule has 0 aliphatic rings. The number of ether oxygens (including phenoxy) is 1. The van der Waals surface area contributed by atoms with E-state index in [1.165, 1.54) is 5.56 Å². The van der Waals surface area contributed by atoms with E-state index in [2.05, 4.69) is 112 Å². The predicted molar refractivity (Wildman–Crippen MR) is 304 cm³/mol. The van der Waals surface area contributed by atoms with Crippen LogP contribution in [0.25, 0.3) is 94.5 Å². The van der Waals surface area contributed by atoms with E-state index < -0.39 is 66.3 Å². The van der Waals surface area contributed by atoms with E-state index in [0.29, 0.717) is 39.6 Å². The molecule has 5 nitrogen and oxygen atoms in total. The van der Waals surface area contributed by atoms with Crippen molar-refractivity contribution in [1.29, 1.82) is 0 Å². The summed E-state index contributed by atoms with van der Waals surface area (Å²) < 4.78 is 110. The molecule has 6 heteroatoms. The molecular weight excluding hydrogens is 1100 g/mol. The number of hydrogen-bond acceptors (Lipinski definition) is 2. The SMILES string of the molecule is [2H]c1c([2H])c([2H])c(-c2cccc(-c3c([2H])c([2H])c([2H])c([2H])c3[2H])c2-[n+]2[c-]n(-c3[c-]c(Oc4[c-]c5c(cc4)c4cc(-c6ccccc6)ccc4n5-c4cc(C([2H])(C)C(C)C)c(-c5ccc(C(C)(C)C)cc5)cn4)ccc3)c3ccccc32)c([2H])c1[2H].[Pt]. The van der Waals surface area contributed by atoms with Crippen molar-refractivity contribution in [3.63, 3.8) is 0 Å². The Balaban J connectivity index is 0.00000768. The van der Waals surface area contributed by atoms with Crippen LogP contribution in [0, 0.1) is 24.4 Å². The summed E-state index contributed by atoms with van der Waals surface area (Å²) >= 11 is 0. The second-order valence-corrected chi connectivity index (χ2v) is 19.7. The number of fused-ring (bicyclic) bond motifs is 4. The number of pyridine rings is 1. The van der Waals surface area contributed by atoms with E-state index in [9.17, 15) is 1.37 Å². The maximum Gasteiger partial charge on any atom is 0.268 e. The van der Waals surface area contributed by atoms with Crippen LogP contribution in [0.15, 0.2) is 218 Å². The summed E-state index contributed by atoms with van der Waals surface area (Å²) in [5, 5.41) is 1.88. The van der Waals surface area contributed by atoms with Crippen molar-refractivity contribution in [2.24, 2.45) is 5.92 Å². The van der Waals surface area contributed by atoms with Gasteiger partial charge in [0, 0.05) is 51.2 Å². The zero-order valence-corrected chi connectivity index (χ0v) is 44.4. The van der Waals surface area contributed by atoms with E-state index in [-0.39, 0.29) is 60.3 Å². The van der Waals surface area contributed by atoms with Crippen molar-refractivity contribution in [3.8, 4) is 73.2 Å². The number of hydrogen-bond donors (Lipinski definition) is 0. The maximum absolute atomic E-state index is 9.88. The molecule has 12 aromatic rings. The van der Waals surface area contributed by atoms with Crippen LogP contribution < -0.4 is 9.30 Å². The summed E-state index contributed by atoms with van der Waals surface area (Å²) in [6.07, 6.45) is 5.32. The molecule has 1 unspecified atom stereocenters. The Morgan fingerprint density at radius 1 is 0.587 bits per heavy atom. The first-order chi connectivity index (χ1) is 40.5. The molecule has 0 bridgehead atoms. The largest absolute Gasteiger partial charge is 0.510 e. The van der Waals surface area contributed by atoms with E-state index in [4.69, 9.17) is 23.4 Å². The van der Waals surface area contributed by atoms with Gasteiger partial charge in [-0.3, -0.25) is 4.57 Å². The molecule has 0 saturated carbocycles. The average molecular weight is 1160 g/mol. The van der Waals surface area contributed by atoms with Gasteiger partial charge in [0.1, 0.15) is 5.82 Å². The van der Waals surface area contributed by atoms with Gasteiger partial charge in [-0.2, -0.15) is 18.2 Å². The van der Waals surface area contributed by atoms with Crippen molar-refractivity contribution in [2.45, 2.75) is 52.9 Å². The first-order valence-electron chi connectivity index (χ1n) is 30.2. The molecule has 0 fully saturated rings. The van der Waals surface area contributed by atoms with E-state index >= 15 is 0 Å². The van der Waals surface area contributed by atoms with Crippen molar-refractivity contribution in [3.05, 3.63) is 248 Å². The number of imidazole rings is 1. The van der Waals surface area contributed by atoms with Crippen LogP contribution in [0.1, 0.15) is 73.6 Å². The summed E-state index contributed by atoms with van der Waals surface area (Å²) in [6.45, 7) is 12.7. The molecule has 370 valence electrons. The summed E-state index contributed by atoms with van der Waals surface area (Å²) in [5.74, 6) is 0.266. The third kappa shape index (κ3) is 9.32. The molecule has 0 saturated heterocycles. The summed E-state index contributed by atoms with van der Waals surface area (Å²) in [6, 6.07) is 50.2. The smallest absolute Gasteiger partial charge is 0.268 e. The van der Waals surface area contributed by atoms with Gasteiger partial charge in [-0.25, -0.2) is 4.98 Å². The third-order valence-corrected chi connectivity index (χ3v) is 13.8. The van der Waals surface area contributed by atoms with Gasteiger partial charge < -0.3 is 13.9 Å². The molecule has 3 aromatic heterocycles. The van der Waals surface area contributed by atoms with Crippen molar-refractivity contribution in [2.75, 3.05) is 0 Å². The second-order valence-electron chi connectivity index (χ2n) is 19.7. The van der Waals surface area contributed by atoms with Crippen LogP contribution in [-0.4, -0.2) is 14.1 Å². The van der Waals surface area contributed by atoms with Crippen LogP contribution in [0.4, 0.5) is 0 Å². The molecule has 0 spiro atoms. The number of nitrogens with zero attached hydrogens (tertiary/aromatic N) is 4. The molecular formula is C69H56N4OPt-2. The Bertz CT molecular complexity index is 4540. The first kappa shape index (κ1) is 37.6. The Morgan fingerprint density at radius 3 is 1.93 bits per heavy atom. The molecule has 9 aromatic carbocycles. The minimum absolute atomic E-state index is 0. The number of benzene rings is 9. The zero-order valence-electron chi connectivity index (χ0n) is 53.1. The molecule has 0 radical (unpaired) electrons. The Labute approximate surface area is 470 Å². The van der Waals surface area contributed by atoms with E-state index in [1.807, 2.05) is 79.9 Å². The van der Waals surface area contributed by atoms with Crippen LogP contribution >= 0.6 is 0 Å². The normalized spacial score (nSPS) is 14.6. The number of aromatic nitrogens is 4. The predicted octanol–water partition coefficient (Wildman–Crippen LogP) is 17.3. The molecule has 3 heterocycles. The maximum atomic E-state index is 9.88. The fourth-order valence-electron chi connectivity index (χ4n) is 9.72. The summed E-state index contributed by atoms with van der Waals surface area (Å²) in [4.78, 5) is 5.19. The van der Waals surface area contributed by atoms with Crippen molar-refractivity contribution in [1.82, 2.24) is 14.1 Å².